The zero-order chi connectivity index (χ0) is 16.9. The van der Waals surface area contributed by atoms with Gasteiger partial charge < -0.3 is 20.1 Å². The molecule has 2 amide bonds. The molecule has 128 valence electrons. The molecule has 0 aromatic carbocycles. The minimum atomic E-state index is -0.851. The molecule has 8 heteroatoms. The molecule has 0 bridgehead atoms. The molecule has 0 radical (unpaired) electrons. The highest BCUT2D eigenvalue weighted by molar-refractivity contribution is 5.77. The zero-order valence-corrected chi connectivity index (χ0v) is 13.7. The Labute approximate surface area is 135 Å². The Morgan fingerprint density at radius 3 is 2.91 bits per heavy atom. The molecule has 0 aliphatic carbocycles. The van der Waals surface area contributed by atoms with E-state index in [1.165, 1.54) is 7.11 Å². The fourth-order valence-corrected chi connectivity index (χ4v) is 2.88. The molecule has 0 spiro atoms. The fourth-order valence-electron chi connectivity index (χ4n) is 2.88. The number of nitrogens with zero attached hydrogens (tertiary/aromatic N) is 3. The van der Waals surface area contributed by atoms with Crippen LogP contribution in [0, 0.1) is 6.92 Å². The number of aromatic nitrogens is 2. The standard InChI is InChI=1S/C15H24N4O4/c1-12-3-5-17-19(12)6-4-14(21)18-7-8-23-15(10-18,11-22-2)9-13(16)20/h3,5H,4,6-11H2,1-2H3,(H2,16,20). The van der Waals surface area contributed by atoms with Crippen LogP contribution in [0.2, 0.25) is 0 Å². The summed E-state index contributed by atoms with van der Waals surface area (Å²) in [7, 11) is 1.54. The van der Waals surface area contributed by atoms with Crippen molar-refractivity contribution in [3.8, 4) is 0 Å². The van der Waals surface area contributed by atoms with Gasteiger partial charge in [-0.2, -0.15) is 5.10 Å². The number of hydrogen-bond acceptors (Lipinski definition) is 5. The van der Waals surface area contributed by atoms with E-state index in [0.717, 1.165) is 5.69 Å². The van der Waals surface area contributed by atoms with E-state index in [2.05, 4.69) is 5.10 Å². The first-order valence-corrected chi connectivity index (χ1v) is 7.63. The van der Waals surface area contributed by atoms with E-state index in [1.54, 1.807) is 15.8 Å². The van der Waals surface area contributed by atoms with Crippen LogP contribution in [0.1, 0.15) is 18.5 Å². The molecule has 1 atom stereocenters. The molecule has 1 saturated heterocycles. The number of aryl methyl sites for hydroxylation is 2. The molecule has 2 N–H and O–H groups in total. The van der Waals surface area contributed by atoms with Crippen LogP contribution in [0.15, 0.2) is 12.3 Å². The normalized spacial score (nSPS) is 21.4. The van der Waals surface area contributed by atoms with Crippen LogP contribution in [-0.4, -0.2) is 65.5 Å². The van der Waals surface area contributed by atoms with Gasteiger partial charge in [0.05, 0.1) is 26.2 Å². The van der Waals surface area contributed by atoms with E-state index < -0.39 is 11.5 Å². The molecule has 1 aromatic heterocycles. The number of nitrogens with two attached hydrogens (primary N) is 1. The average Bonchev–Trinajstić information content (AvgIpc) is 2.89. The van der Waals surface area contributed by atoms with Gasteiger partial charge in [-0.15, -0.1) is 0 Å². The number of hydrogen-bond donors (Lipinski definition) is 1. The summed E-state index contributed by atoms with van der Waals surface area (Å²) in [6.07, 6.45) is 2.09. The number of amides is 2. The second kappa shape index (κ2) is 7.56. The molecule has 8 nitrogen and oxygen atoms in total. The molecular weight excluding hydrogens is 300 g/mol. The third kappa shape index (κ3) is 4.52. The van der Waals surface area contributed by atoms with Crippen LogP contribution in [0.25, 0.3) is 0 Å². The fraction of sp³-hybridized carbons (Fsp3) is 0.667. The predicted molar refractivity (Wildman–Crippen MR) is 82.5 cm³/mol. The lowest BCUT2D eigenvalue weighted by Gasteiger charge is -2.41. The number of morpholine rings is 1. The molecule has 1 aliphatic heterocycles. The Bertz CT molecular complexity index is 555. The molecule has 1 aliphatic rings. The maximum Gasteiger partial charge on any atom is 0.224 e. The van der Waals surface area contributed by atoms with Gasteiger partial charge in [0.2, 0.25) is 11.8 Å². The topological polar surface area (TPSA) is 99.7 Å². The molecule has 1 unspecified atom stereocenters. The summed E-state index contributed by atoms with van der Waals surface area (Å²) in [4.78, 5) is 25.5. The second-order valence-corrected chi connectivity index (χ2v) is 5.87. The van der Waals surface area contributed by atoms with Crippen molar-refractivity contribution < 1.29 is 19.1 Å². The SMILES string of the molecule is COCC1(CC(N)=O)CN(C(=O)CCn2nccc2C)CCO1. The lowest BCUT2D eigenvalue weighted by atomic mass is 9.97. The Kier molecular flexibility index (Phi) is 5.73. The summed E-state index contributed by atoms with van der Waals surface area (Å²) in [5.74, 6) is -0.461. The molecule has 2 rings (SSSR count). The van der Waals surface area contributed by atoms with E-state index in [4.69, 9.17) is 15.2 Å². The lowest BCUT2D eigenvalue weighted by Crippen LogP contribution is -2.57. The summed E-state index contributed by atoms with van der Waals surface area (Å²) in [6, 6.07) is 1.90. The highest BCUT2D eigenvalue weighted by atomic mass is 16.5. The van der Waals surface area contributed by atoms with Gasteiger partial charge in [-0.25, -0.2) is 0 Å². The maximum absolute atomic E-state index is 12.5. The number of carbonyl (C=O) groups is 2. The van der Waals surface area contributed by atoms with Crippen LogP contribution >= 0.6 is 0 Å². The van der Waals surface area contributed by atoms with Crippen LogP contribution in [0.3, 0.4) is 0 Å². The number of carbonyl (C=O) groups excluding carboxylic acids is 2. The zero-order valence-electron chi connectivity index (χ0n) is 13.7. The highest BCUT2D eigenvalue weighted by Gasteiger charge is 2.39. The summed E-state index contributed by atoms with van der Waals surface area (Å²) in [5.41, 5.74) is 5.48. The molecule has 0 saturated carbocycles. The van der Waals surface area contributed by atoms with Gasteiger partial charge >= 0.3 is 0 Å². The first-order chi connectivity index (χ1) is 11.0. The molecule has 23 heavy (non-hydrogen) atoms. The van der Waals surface area contributed by atoms with Crippen molar-refractivity contribution in [3.05, 3.63) is 18.0 Å². The van der Waals surface area contributed by atoms with Crippen molar-refractivity contribution in [2.24, 2.45) is 5.73 Å². The van der Waals surface area contributed by atoms with Crippen molar-refractivity contribution in [1.29, 1.82) is 0 Å². The molecular formula is C15H24N4O4. The van der Waals surface area contributed by atoms with Crippen molar-refractivity contribution in [2.75, 3.05) is 33.4 Å². The van der Waals surface area contributed by atoms with Gasteiger partial charge in [0, 0.05) is 38.5 Å². The van der Waals surface area contributed by atoms with Crippen molar-refractivity contribution >= 4 is 11.8 Å². The Hall–Kier alpha value is -1.93. The summed E-state index contributed by atoms with van der Waals surface area (Å²) in [5, 5.41) is 4.17. The Morgan fingerprint density at radius 1 is 1.52 bits per heavy atom. The van der Waals surface area contributed by atoms with E-state index in [9.17, 15) is 9.59 Å². The summed E-state index contributed by atoms with van der Waals surface area (Å²) < 4.78 is 12.7. The minimum absolute atomic E-state index is 0.00754. The van der Waals surface area contributed by atoms with Gasteiger partial charge in [-0.05, 0) is 13.0 Å². The number of primary amides is 1. The quantitative estimate of drug-likeness (QED) is 0.742. The van der Waals surface area contributed by atoms with Crippen molar-refractivity contribution in [1.82, 2.24) is 14.7 Å². The number of ether oxygens (including phenoxy) is 2. The van der Waals surface area contributed by atoms with Crippen molar-refractivity contribution in [2.45, 2.75) is 31.9 Å². The third-order valence-corrected chi connectivity index (χ3v) is 3.97. The van der Waals surface area contributed by atoms with Gasteiger partial charge in [-0.1, -0.05) is 0 Å². The third-order valence-electron chi connectivity index (χ3n) is 3.97. The monoisotopic (exact) mass is 324 g/mol. The van der Waals surface area contributed by atoms with Crippen molar-refractivity contribution in [3.63, 3.8) is 0 Å². The minimum Gasteiger partial charge on any atom is -0.382 e. The average molecular weight is 324 g/mol. The van der Waals surface area contributed by atoms with Crippen LogP contribution in [0.5, 0.6) is 0 Å². The van der Waals surface area contributed by atoms with Crippen LogP contribution in [0.4, 0.5) is 0 Å². The van der Waals surface area contributed by atoms with Gasteiger partial charge in [0.25, 0.3) is 0 Å². The number of rotatable bonds is 7. The number of methoxy groups -OCH3 is 1. The molecule has 1 aromatic rings. The van der Waals surface area contributed by atoms with Gasteiger partial charge in [0.15, 0.2) is 0 Å². The Morgan fingerprint density at radius 2 is 2.30 bits per heavy atom. The second-order valence-electron chi connectivity index (χ2n) is 5.87. The highest BCUT2D eigenvalue weighted by Crippen LogP contribution is 2.23. The lowest BCUT2D eigenvalue weighted by molar-refractivity contribution is -0.166. The molecule has 2 heterocycles. The van der Waals surface area contributed by atoms with Crippen LogP contribution in [-0.2, 0) is 25.6 Å². The summed E-state index contributed by atoms with van der Waals surface area (Å²) in [6.45, 7) is 3.87. The van der Waals surface area contributed by atoms with E-state index in [-0.39, 0.29) is 18.9 Å². The maximum atomic E-state index is 12.5. The van der Waals surface area contributed by atoms with Gasteiger partial charge in [-0.3, -0.25) is 14.3 Å². The summed E-state index contributed by atoms with van der Waals surface area (Å²) >= 11 is 0. The molecule has 1 fully saturated rings. The van der Waals surface area contributed by atoms with E-state index in [1.807, 2.05) is 13.0 Å². The smallest absolute Gasteiger partial charge is 0.224 e. The Balaban J connectivity index is 1.97. The first kappa shape index (κ1) is 17.4. The van der Waals surface area contributed by atoms with Crippen LogP contribution < -0.4 is 5.73 Å². The predicted octanol–water partition coefficient (Wildman–Crippen LogP) is -0.299. The van der Waals surface area contributed by atoms with E-state index >= 15 is 0 Å². The first-order valence-electron chi connectivity index (χ1n) is 7.63. The van der Waals surface area contributed by atoms with E-state index in [0.29, 0.717) is 32.7 Å². The largest absolute Gasteiger partial charge is 0.382 e. The van der Waals surface area contributed by atoms with Gasteiger partial charge in [0.1, 0.15) is 5.60 Å².